The van der Waals surface area contributed by atoms with Gasteiger partial charge in [0.25, 0.3) is 0 Å². The van der Waals surface area contributed by atoms with E-state index in [1.54, 1.807) is 0 Å². The van der Waals surface area contributed by atoms with Gasteiger partial charge in [-0.15, -0.1) is 12.3 Å². The monoisotopic (exact) mass is 266 g/mol. The minimum absolute atomic E-state index is 0.0143. The molecule has 0 saturated carbocycles. The van der Waals surface area contributed by atoms with Crippen LogP contribution < -0.4 is 10.6 Å². The van der Waals surface area contributed by atoms with E-state index in [-0.39, 0.29) is 18.2 Å². The van der Waals surface area contributed by atoms with Gasteiger partial charge in [0.2, 0.25) is 5.91 Å². The lowest BCUT2D eigenvalue weighted by molar-refractivity contribution is -0.141. The molecule has 1 aliphatic heterocycles. The number of carboxylic acids is 1. The van der Waals surface area contributed by atoms with Gasteiger partial charge >= 0.3 is 5.97 Å². The first-order valence-electron chi connectivity index (χ1n) is 6.71. The van der Waals surface area contributed by atoms with E-state index in [9.17, 15) is 9.59 Å². The summed E-state index contributed by atoms with van der Waals surface area (Å²) in [4.78, 5) is 22.7. The third-order valence-corrected chi connectivity index (χ3v) is 3.60. The summed E-state index contributed by atoms with van der Waals surface area (Å²) in [6, 6.07) is -0.978. The number of nitrogens with one attached hydrogen (secondary N) is 2. The quantitative estimate of drug-likeness (QED) is 0.615. The molecule has 5 heteroatoms. The summed E-state index contributed by atoms with van der Waals surface area (Å²) in [6.07, 6.45) is 7.70. The van der Waals surface area contributed by atoms with Gasteiger partial charge in [0.05, 0.1) is 0 Å². The van der Waals surface area contributed by atoms with Crippen molar-refractivity contribution in [1.82, 2.24) is 10.6 Å². The van der Waals surface area contributed by atoms with E-state index < -0.39 is 12.0 Å². The van der Waals surface area contributed by atoms with Crippen LogP contribution in [0, 0.1) is 24.2 Å². The second kappa shape index (κ2) is 7.80. The van der Waals surface area contributed by atoms with Gasteiger partial charge < -0.3 is 15.7 Å². The maximum atomic E-state index is 11.8. The lowest BCUT2D eigenvalue weighted by Crippen LogP contribution is -2.42. The first-order chi connectivity index (χ1) is 9.04. The molecule has 0 radical (unpaired) electrons. The van der Waals surface area contributed by atoms with Crippen molar-refractivity contribution in [2.45, 2.75) is 38.6 Å². The molecule has 0 aromatic heterocycles. The Hall–Kier alpha value is -1.54. The Labute approximate surface area is 114 Å². The topological polar surface area (TPSA) is 78.4 Å². The van der Waals surface area contributed by atoms with Gasteiger partial charge in [0, 0.05) is 12.8 Å². The van der Waals surface area contributed by atoms with E-state index >= 15 is 0 Å². The SMILES string of the molecule is C#CCC(NC(=O)CC(C)C1CCCNC1)C(=O)O. The third-order valence-electron chi connectivity index (χ3n) is 3.60. The second-order valence-corrected chi connectivity index (χ2v) is 5.15. The third kappa shape index (κ3) is 5.31. The number of hydrogen-bond donors (Lipinski definition) is 3. The molecule has 1 fully saturated rings. The van der Waals surface area contributed by atoms with Crippen LogP contribution in [0.1, 0.15) is 32.6 Å². The van der Waals surface area contributed by atoms with Gasteiger partial charge in [-0.3, -0.25) is 4.79 Å². The van der Waals surface area contributed by atoms with Crippen molar-refractivity contribution < 1.29 is 14.7 Å². The minimum Gasteiger partial charge on any atom is -0.480 e. The normalized spacial score (nSPS) is 22.0. The second-order valence-electron chi connectivity index (χ2n) is 5.15. The average Bonchev–Trinajstić information content (AvgIpc) is 2.39. The number of carbonyl (C=O) groups is 2. The number of amides is 1. The molecule has 1 amide bonds. The largest absolute Gasteiger partial charge is 0.480 e. The van der Waals surface area contributed by atoms with Crippen molar-refractivity contribution >= 4 is 11.9 Å². The van der Waals surface area contributed by atoms with E-state index in [0.29, 0.717) is 12.3 Å². The Morgan fingerprint density at radius 3 is 2.84 bits per heavy atom. The van der Waals surface area contributed by atoms with Gasteiger partial charge in [0.1, 0.15) is 6.04 Å². The summed E-state index contributed by atoms with van der Waals surface area (Å²) in [7, 11) is 0. The fourth-order valence-corrected chi connectivity index (χ4v) is 2.39. The highest BCUT2D eigenvalue weighted by Crippen LogP contribution is 2.22. The molecular weight excluding hydrogens is 244 g/mol. The summed E-state index contributed by atoms with van der Waals surface area (Å²) in [5.41, 5.74) is 0. The Balaban J connectivity index is 2.40. The molecule has 0 bridgehead atoms. The lowest BCUT2D eigenvalue weighted by atomic mass is 9.85. The van der Waals surface area contributed by atoms with Crippen LogP contribution in [0.3, 0.4) is 0 Å². The molecule has 0 aromatic rings. The number of terminal acetylenes is 1. The highest BCUT2D eigenvalue weighted by atomic mass is 16.4. The van der Waals surface area contributed by atoms with Crippen LogP contribution in [0.2, 0.25) is 0 Å². The molecule has 0 aromatic carbocycles. The van der Waals surface area contributed by atoms with Crippen molar-refractivity contribution in [2.24, 2.45) is 11.8 Å². The number of aliphatic carboxylic acids is 1. The van der Waals surface area contributed by atoms with Crippen molar-refractivity contribution in [3.63, 3.8) is 0 Å². The van der Waals surface area contributed by atoms with E-state index in [2.05, 4.69) is 16.6 Å². The van der Waals surface area contributed by atoms with Crippen molar-refractivity contribution in [2.75, 3.05) is 13.1 Å². The summed E-state index contributed by atoms with van der Waals surface area (Å²) >= 11 is 0. The zero-order valence-corrected chi connectivity index (χ0v) is 11.3. The molecule has 19 heavy (non-hydrogen) atoms. The molecule has 106 valence electrons. The van der Waals surface area contributed by atoms with Crippen LogP contribution >= 0.6 is 0 Å². The van der Waals surface area contributed by atoms with E-state index in [1.807, 2.05) is 6.92 Å². The lowest BCUT2D eigenvalue weighted by Gasteiger charge is -2.28. The van der Waals surface area contributed by atoms with E-state index in [1.165, 1.54) is 0 Å². The molecule has 3 N–H and O–H groups in total. The standard InChI is InChI=1S/C14H22N2O3/c1-3-5-12(14(18)19)16-13(17)8-10(2)11-6-4-7-15-9-11/h1,10-12,15H,4-9H2,2H3,(H,16,17)(H,18,19). The maximum Gasteiger partial charge on any atom is 0.327 e. The molecule has 0 spiro atoms. The van der Waals surface area contributed by atoms with E-state index in [0.717, 1.165) is 25.9 Å². The van der Waals surface area contributed by atoms with Crippen LogP contribution in [0.25, 0.3) is 0 Å². The number of rotatable bonds is 6. The first-order valence-corrected chi connectivity index (χ1v) is 6.71. The van der Waals surface area contributed by atoms with Crippen LogP contribution in [0.4, 0.5) is 0 Å². The highest BCUT2D eigenvalue weighted by molar-refractivity contribution is 5.83. The van der Waals surface area contributed by atoms with Crippen molar-refractivity contribution in [1.29, 1.82) is 0 Å². The van der Waals surface area contributed by atoms with Gasteiger partial charge in [-0.1, -0.05) is 6.92 Å². The first kappa shape index (κ1) is 15.5. The van der Waals surface area contributed by atoms with Crippen molar-refractivity contribution in [3.05, 3.63) is 0 Å². The van der Waals surface area contributed by atoms with Gasteiger partial charge in [0.15, 0.2) is 0 Å². The van der Waals surface area contributed by atoms with Gasteiger partial charge in [-0.25, -0.2) is 4.79 Å². The van der Waals surface area contributed by atoms with Crippen LogP contribution in [-0.4, -0.2) is 36.1 Å². The Bertz CT molecular complexity index is 356. The molecule has 1 saturated heterocycles. The number of hydrogen-bond acceptors (Lipinski definition) is 3. The Morgan fingerprint density at radius 2 is 2.32 bits per heavy atom. The highest BCUT2D eigenvalue weighted by Gasteiger charge is 2.24. The molecule has 5 nitrogen and oxygen atoms in total. The fraction of sp³-hybridized carbons (Fsp3) is 0.714. The van der Waals surface area contributed by atoms with E-state index in [4.69, 9.17) is 11.5 Å². The molecule has 3 atom stereocenters. The predicted octanol–water partition coefficient (Wildman–Crippen LogP) is 0.605. The van der Waals surface area contributed by atoms with Crippen molar-refractivity contribution in [3.8, 4) is 12.3 Å². The Morgan fingerprint density at radius 1 is 1.58 bits per heavy atom. The smallest absolute Gasteiger partial charge is 0.327 e. The van der Waals surface area contributed by atoms with Crippen LogP contribution in [0.15, 0.2) is 0 Å². The summed E-state index contributed by atoms with van der Waals surface area (Å²) in [5, 5.41) is 14.7. The summed E-state index contributed by atoms with van der Waals surface area (Å²) in [5.74, 6) is 1.67. The van der Waals surface area contributed by atoms with Crippen LogP contribution in [-0.2, 0) is 9.59 Å². The molecule has 3 unspecified atom stereocenters. The van der Waals surface area contributed by atoms with Gasteiger partial charge in [-0.2, -0.15) is 0 Å². The molecule has 1 heterocycles. The summed E-state index contributed by atoms with van der Waals surface area (Å²) < 4.78 is 0. The maximum absolute atomic E-state index is 11.8. The fourth-order valence-electron chi connectivity index (χ4n) is 2.39. The molecule has 0 aliphatic carbocycles. The number of carboxylic acid groups (broad SMARTS) is 1. The zero-order valence-electron chi connectivity index (χ0n) is 11.3. The molecular formula is C14H22N2O3. The average molecular weight is 266 g/mol. The molecule has 1 aliphatic rings. The Kier molecular flexibility index (Phi) is 6.37. The molecule has 1 rings (SSSR count). The van der Waals surface area contributed by atoms with Gasteiger partial charge in [-0.05, 0) is 37.8 Å². The zero-order chi connectivity index (χ0) is 14.3. The summed E-state index contributed by atoms with van der Waals surface area (Å²) in [6.45, 7) is 4.01. The van der Waals surface area contributed by atoms with Crippen LogP contribution in [0.5, 0.6) is 0 Å². The minimum atomic E-state index is -1.08. The number of carbonyl (C=O) groups excluding carboxylic acids is 1. The number of piperidine rings is 1. The predicted molar refractivity (Wildman–Crippen MR) is 72.4 cm³/mol.